The summed E-state index contributed by atoms with van der Waals surface area (Å²) in [5.41, 5.74) is 5.94. The van der Waals surface area contributed by atoms with Gasteiger partial charge >= 0.3 is 0 Å². The molecule has 6 nitrogen and oxygen atoms in total. The third-order valence-electron chi connectivity index (χ3n) is 5.29. The summed E-state index contributed by atoms with van der Waals surface area (Å²) in [7, 11) is 2.00. The molecule has 3 aromatic heterocycles. The number of rotatable bonds is 5. The summed E-state index contributed by atoms with van der Waals surface area (Å²) in [6, 6.07) is 6.15. The van der Waals surface area contributed by atoms with Crippen molar-refractivity contribution in [1.29, 1.82) is 0 Å². The van der Waals surface area contributed by atoms with Gasteiger partial charge in [-0.25, -0.2) is 4.52 Å². The molecule has 4 heterocycles. The van der Waals surface area contributed by atoms with Gasteiger partial charge in [-0.2, -0.15) is 10.2 Å². The molecule has 0 saturated carbocycles. The van der Waals surface area contributed by atoms with Gasteiger partial charge in [0.15, 0.2) is 0 Å². The number of nitrogens with zero attached hydrogens (tertiary/aromatic N) is 4. The quantitative estimate of drug-likeness (QED) is 0.776. The predicted molar refractivity (Wildman–Crippen MR) is 96.4 cm³/mol. The Hall–Kier alpha value is -2.18. The SMILES string of the molecule is Cc1nn(C)c(C)c1[C@H]1OCC[C@@H]1CNCc1cnn2ccccc12. The van der Waals surface area contributed by atoms with Crippen molar-refractivity contribution in [1.82, 2.24) is 24.7 Å². The zero-order valence-corrected chi connectivity index (χ0v) is 15.1. The summed E-state index contributed by atoms with van der Waals surface area (Å²) in [4.78, 5) is 0. The van der Waals surface area contributed by atoms with E-state index in [1.807, 2.05) is 34.7 Å². The monoisotopic (exact) mass is 339 g/mol. The average Bonchev–Trinajstić information content (AvgIpc) is 3.28. The van der Waals surface area contributed by atoms with Gasteiger partial charge in [0, 0.05) is 55.7 Å². The largest absolute Gasteiger partial charge is 0.373 e. The topological polar surface area (TPSA) is 56.4 Å². The highest BCUT2D eigenvalue weighted by Gasteiger charge is 2.33. The normalized spacial score (nSPS) is 20.6. The number of nitrogens with one attached hydrogen (secondary N) is 1. The van der Waals surface area contributed by atoms with E-state index in [1.54, 1.807) is 0 Å². The van der Waals surface area contributed by atoms with Crippen LogP contribution in [0, 0.1) is 19.8 Å². The van der Waals surface area contributed by atoms with Gasteiger partial charge in [-0.1, -0.05) is 6.07 Å². The highest BCUT2D eigenvalue weighted by Crippen LogP contribution is 2.37. The molecule has 6 heteroatoms. The maximum absolute atomic E-state index is 6.07. The third-order valence-corrected chi connectivity index (χ3v) is 5.29. The lowest BCUT2D eigenvalue weighted by atomic mass is 9.94. The first kappa shape index (κ1) is 16.3. The number of fused-ring (bicyclic) bond motifs is 1. The Morgan fingerprint density at radius 1 is 1.32 bits per heavy atom. The van der Waals surface area contributed by atoms with Crippen molar-refractivity contribution in [2.75, 3.05) is 13.2 Å². The van der Waals surface area contributed by atoms with Crippen molar-refractivity contribution in [3.63, 3.8) is 0 Å². The molecule has 1 fully saturated rings. The van der Waals surface area contributed by atoms with Crippen LogP contribution in [0.2, 0.25) is 0 Å². The molecule has 25 heavy (non-hydrogen) atoms. The minimum absolute atomic E-state index is 0.144. The fraction of sp³-hybridized carbons (Fsp3) is 0.474. The third kappa shape index (κ3) is 2.96. The highest BCUT2D eigenvalue weighted by atomic mass is 16.5. The Kier molecular flexibility index (Phi) is 4.31. The van der Waals surface area contributed by atoms with Crippen molar-refractivity contribution in [2.24, 2.45) is 13.0 Å². The molecule has 0 aliphatic carbocycles. The first-order chi connectivity index (χ1) is 12.1. The van der Waals surface area contributed by atoms with Crippen LogP contribution in [-0.2, 0) is 18.3 Å². The van der Waals surface area contributed by atoms with Crippen LogP contribution in [-0.4, -0.2) is 32.5 Å². The number of ether oxygens (including phenoxy) is 1. The number of hydrogen-bond acceptors (Lipinski definition) is 4. The van der Waals surface area contributed by atoms with Gasteiger partial charge in [-0.15, -0.1) is 0 Å². The molecule has 3 aromatic rings. The van der Waals surface area contributed by atoms with Gasteiger partial charge in [0.1, 0.15) is 0 Å². The molecule has 4 rings (SSSR count). The summed E-state index contributed by atoms with van der Waals surface area (Å²) in [5, 5.41) is 12.6. The van der Waals surface area contributed by atoms with E-state index in [4.69, 9.17) is 4.74 Å². The summed E-state index contributed by atoms with van der Waals surface area (Å²) < 4.78 is 9.95. The van der Waals surface area contributed by atoms with Crippen molar-refractivity contribution in [3.05, 3.63) is 53.1 Å². The van der Waals surface area contributed by atoms with Gasteiger partial charge < -0.3 is 10.1 Å². The fourth-order valence-corrected chi connectivity index (χ4v) is 3.88. The van der Waals surface area contributed by atoms with Gasteiger partial charge in [0.25, 0.3) is 0 Å². The van der Waals surface area contributed by atoms with E-state index in [0.29, 0.717) is 5.92 Å². The van der Waals surface area contributed by atoms with Gasteiger partial charge in [-0.05, 0) is 32.4 Å². The average molecular weight is 339 g/mol. The lowest BCUT2D eigenvalue weighted by Crippen LogP contribution is -2.25. The van der Waals surface area contributed by atoms with E-state index in [-0.39, 0.29) is 6.10 Å². The highest BCUT2D eigenvalue weighted by molar-refractivity contribution is 5.53. The van der Waals surface area contributed by atoms with Gasteiger partial charge in [-0.3, -0.25) is 4.68 Å². The van der Waals surface area contributed by atoms with Crippen molar-refractivity contribution >= 4 is 5.52 Å². The van der Waals surface area contributed by atoms with Gasteiger partial charge in [0.2, 0.25) is 0 Å². The Morgan fingerprint density at radius 2 is 2.20 bits per heavy atom. The first-order valence-electron chi connectivity index (χ1n) is 8.89. The van der Waals surface area contributed by atoms with Crippen molar-refractivity contribution in [2.45, 2.75) is 32.9 Å². The number of aromatic nitrogens is 4. The lowest BCUT2D eigenvalue weighted by Gasteiger charge is -2.19. The van der Waals surface area contributed by atoms with Gasteiger partial charge in [0.05, 0.1) is 23.5 Å². The van der Waals surface area contributed by atoms with Crippen molar-refractivity contribution in [3.8, 4) is 0 Å². The molecular formula is C19H25N5O. The molecular weight excluding hydrogens is 314 g/mol. The Balaban J connectivity index is 1.43. The standard InChI is InChI=1S/C19H25N5O/c1-13-18(14(2)23(3)22-13)19-15(7-9-25-19)10-20-11-16-12-21-24-8-5-4-6-17(16)24/h4-6,8,12,15,19-20H,7,9-11H2,1-3H3/t15-,19+/m1/s1. The Morgan fingerprint density at radius 3 is 3.00 bits per heavy atom. The van der Waals surface area contributed by atoms with Crippen LogP contribution in [0.25, 0.3) is 5.52 Å². The van der Waals surface area contributed by atoms with Crippen LogP contribution >= 0.6 is 0 Å². The smallest absolute Gasteiger partial charge is 0.0901 e. The number of pyridine rings is 1. The van der Waals surface area contributed by atoms with Crippen LogP contribution in [0.4, 0.5) is 0 Å². The molecule has 0 radical (unpaired) electrons. The van der Waals surface area contributed by atoms with E-state index < -0.39 is 0 Å². The van der Waals surface area contributed by atoms with E-state index in [0.717, 1.165) is 37.3 Å². The fourth-order valence-electron chi connectivity index (χ4n) is 3.88. The second kappa shape index (κ2) is 6.61. The molecule has 0 amide bonds. The molecule has 0 spiro atoms. The number of hydrogen-bond donors (Lipinski definition) is 1. The maximum atomic E-state index is 6.07. The van der Waals surface area contributed by atoms with E-state index >= 15 is 0 Å². The number of aryl methyl sites for hydroxylation is 2. The molecule has 0 bridgehead atoms. The molecule has 1 aliphatic rings. The van der Waals surface area contributed by atoms with E-state index in [9.17, 15) is 0 Å². The first-order valence-corrected chi connectivity index (χ1v) is 8.89. The van der Waals surface area contributed by atoms with Crippen LogP contribution in [0.15, 0.2) is 30.6 Å². The lowest BCUT2D eigenvalue weighted by molar-refractivity contribution is 0.0894. The molecule has 1 aliphatic heterocycles. The predicted octanol–water partition coefficient (Wildman–Crippen LogP) is 2.55. The van der Waals surface area contributed by atoms with Crippen LogP contribution < -0.4 is 5.32 Å². The van der Waals surface area contributed by atoms with Crippen LogP contribution in [0.5, 0.6) is 0 Å². The second-order valence-corrected chi connectivity index (χ2v) is 6.88. The zero-order chi connectivity index (χ0) is 17.4. The van der Waals surface area contributed by atoms with Crippen LogP contribution in [0.3, 0.4) is 0 Å². The zero-order valence-electron chi connectivity index (χ0n) is 15.1. The minimum Gasteiger partial charge on any atom is -0.373 e. The molecule has 0 aromatic carbocycles. The molecule has 2 atom stereocenters. The minimum atomic E-state index is 0.144. The Labute approximate surface area is 147 Å². The molecule has 1 saturated heterocycles. The van der Waals surface area contributed by atoms with E-state index in [1.165, 1.54) is 16.8 Å². The maximum Gasteiger partial charge on any atom is 0.0901 e. The molecule has 132 valence electrons. The summed E-state index contributed by atoms with van der Waals surface area (Å²) in [5.74, 6) is 0.475. The summed E-state index contributed by atoms with van der Waals surface area (Å²) >= 11 is 0. The van der Waals surface area contributed by atoms with E-state index in [2.05, 4.69) is 41.5 Å². The Bertz CT molecular complexity index is 881. The summed E-state index contributed by atoms with van der Waals surface area (Å²) in [6.45, 7) is 6.78. The molecule has 1 N–H and O–H groups in total. The second-order valence-electron chi connectivity index (χ2n) is 6.88. The van der Waals surface area contributed by atoms with Crippen molar-refractivity contribution < 1.29 is 4.74 Å². The molecule has 0 unspecified atom stereocenters. The summed E-state index contributed by atoms with van der Waals surface area (Å²) in [6.07, 6.45) is 5.15. The van der Waals surface area contributed by atoms with Crippen LogP contribution in [0.1, 0.15) is 35.0 Å².